The standard InChI is InChI=1S/C16H14F3NO3/c1-8-5-6-12-11(7-8)9-3-2-4-10(9)13(14(21)22)20(12)15(23)16(17,18)19/h2-3,5-7,9-10,13H,4H2,1H3,(H,21,22)/t9-,10+,13-/m0/s1. The number of halogens is 3. The predicted octanol–water partition coefficient (Wildman–Crippen LogP) is 3.02. The number of amides is 1. The van der Waals surface area contributed by atoms with Crippen molar-refractivity contribution in [1.29, 1.82) is 0 Å². The number of anilines is 1. The minimum absolute atomic E-state index is 0.0260. The maximum Gasteiger partial charge on any atom is 0.471 e. The van der Waals surface area contributed by atoms with Crippen molar-refractivity contribution in [3.05, 3.63) is 41.5 Å². The number of allylic oxidation sites excluding steroid dienone is 2. The Kier molecular flexibility index (Phi) is 3.46. The molecule has 1 aromatic rings. The van der Waals surface area contributed by atoms with Crippen molar-refractivity contribution >= 4 is 17.6 Å². The summed E-state index contributed by atoms with van der Waals surface area (Å²) in [5, 5.41) is 9.46. The van der Waals surface area contributed by atoms with Crippen molar-refractivity contribution in [2.75, 3.05) is 4.90 Å². The zero-order valence-corrected chi connectivity index (χ0v) is 12.2. The summed E-state index contributed by atoms with van der Waals surface area (Å²) in [5.41, 5.74) is 1.44. The molecule has 3 atom stereocenters. The molecule has 23 heavy (non-hydrogen) atoms. The molecule has 0 bridgehead atoms. The molecule has 1 heterocycles. The molecule has 4 nitrogen and oxygen atoms in total. The van der Waals surface area contributed by atoms with Gasteiger partial charge in [0.2, 0.25) is 0 Å². The quantitative estimate of drug-likeness (QED) is 0.808. The van der Waals surface area contributed by atoms with Gasteiger partial charge in [-0.25, -0.2) is 4.79 Å². The lowest BCUT2D eigenvalue weighted by atomic mass is 9.77. The SMILES string of the molecule is Cc1ccc2c(c1)[C@H]1C=CC[C@H]1[C@@H](C(=O)O)N2C(=O)C(F)(F)F. The Bertz CT molecular complexity index is 711. The molecule has 2 aliphatic rings. The van der Waals surface area contributed by atoms with Crippen LogP contribution in [0.1, 0.15) is 23.5 Å². The van der Waals surface area contributed by atoms with Gasteiger partial charge in [-0.3, -0.25) is 9.69 Å². The van der Waals surface area contributed by atoms with E-state index in [2.05, 4.69) is 0 Å². The number of carbonyl (C=O) groups excluding carboxylic acids is 1. The smallest absolute Gasteiger partial charge is 0.471 e. The Balaban J connectivity index is 2.21. The van der Waals surface area contributed by atoms with E-state index in [1.807, 2.05) is 6.08 Å². The summed E-state index contributed by atoms with van der Waals surface area (Å²) in [6.45, 7) is 1.80. The number of aliphatic carboxylic acids is 1. The first-order valence-corrected chi connectivity index (χ1v) is 7.12. The maximum absolute atomic E-state index is 13.0. The second-order valence-corrected chi connectivity index (χ2v) is 5.87. The number of fused-ring (bicyclic) bond motifs is 3. The molecule has 3 rings (SSSR count). The summed E-state index contributed by atoms with van der Waals surface area (Å²) in [6.07, 6.45) is -1.22. The number of hydrogen-bond donors (Lipinski definition) is 1. The number of aryl methyl sites for hydroxylation is 1. The van der Waals surface area contributed by atoms with Gasteiger partial charge >= 0.3 is 18.1 Å². The topological polar surface area (TPSA) is 57.6 Å². The summed E-state index contributed by atoms with van der Waals surface area (Å²) >= 11 is 0. The first-order valence-electron chi connectivity index (χ1n) is 7.12. The lowest BCUT2D eigenvalue weighted by molar-refractivity contribution is -0.172. The number of benzene rings is 1. The second-order valence-electron chi connectivity index (χ2n) is 5.87. The van der Waals surface area contributed by atoms with E-state index in [0.717, 1.165) is 5.56 Å². The first-order chi connectivity index (χ1) is 10.7. The molecule has 7 heteroatoms. The Hall–Kier alpha value is -2.31. The number of carbonyl (C=O) groups is 2. The fourth-order valence-corrected chi connectivity index (χ4v) is 3.50. The van der Waals surface area contributed by atoms with Crippen LogP contribution in [0.5, 0.6) is 0 Å². The van der Waals surface area contributed by atoms with E-state index in [-0.39, 0.29) is 11.6 Å². The van der Waals surface area contributed by atoms with Crippen LogP contribution < -0.4 is 4.90 Å². The molecule has 0 saturated carbocycles. The van der Waals surface area contributed by atoms with Gasteiger partial charge in [-0.05, 0) is 25.0 Å². The third kappa shape index (κ3) is 2.40. The van der Waals surface area contributed by atoms with E-state index < -0.39 is 30.0 Å². The molecule has 0 radical (unpaired) electrons. The van der Waals surface area contributed by atoms with Crippen LogP contribution in [0.2, 0.25) is 0 Å². The molecule has 0 fully saturated rings. The zero-order chi connectivity index (χ0) is 16.9. The highest BCUT2D eigenvalue weighted by atomic mass is 19.4. The third-order valence-electron chi connectivity index (χ3n) is 4.41. The van der Waals surface area contributed by atoms with Crippen molar-refractivity contribution in [1.82, 2.24) is 0 Å². The van der Waals surface area contributed by atoms with Crippen molar-refractivity contribution in [2.45, 2.75) is 31.5 Å². The predicted molar refractivity (Wildman–Crippen MR) is 76.1 cm³/mol. The normalized spacial score (nSPS) is 25.9. The summed E-state index contributed by atoms with van der Waals surface area (Å²) < 4.78 is 39.0. The van der Waals surface area contributed by atoms with E-state index in [1.54, 1.807) is 25.1 Å². The van der Waals surface area contributed by atoms with Crippen LogP contribution in [0.25, 0.3) is 0 Å². The van der Waals surface area contributed by atoms with Crippen LogP contribution in [0.3, 0.4) is 0 Å². The van der Waals surface area contributed by atoms with E-state index >= 15 is 0 Å². The second kappa shape index (κ2) is 5.11. The average Bonchev–Trinajstić information content (AvgIpc) is 2.92. The summed E-state index contributed by atoms with van der Waals surface area (Å²) in [7, 11) is 0. The van der Waals surface area contributed by atoms with Gasteiger partial charge in [0.05, 0.1) is 0 Å². The molecule has 1 N–H and O–H groups in total. The molecule has 1 aliphatic heterocycles. The lowest BCUT2D eigenvalue weighted by Gasteiger charge is -2.42. The zero-order valence-electron chi connectivity index (χ0n) is 12.2. The van der Waals surface area contributed by atoms with E-state index in [9.17, 15) is 27.9 Å². The van der Waals surface area contributed by atoms with Gasteiger partial charge in [0.25, 0.3) is 0 Å². The summed E-state index contributed by atoms with van der Waals surface area (Å²) in [6, 6.07) is 3.16. The van der Waals surface area contributed by atoms with Crippen molar-refractivity contribution in [2.24, 2.45) is 5.92 Å². The molecule has 0 saturated heterocycles. The third-order valence-corrected chi connectivity index (χ3v) is 4.41. The highest BCUT2D eigenvalue weighted by Gasteiger charge is 2.53. The monoisotopic (exact) mass is 325 g/mol. The maximum atomic E-state index is 13.0. The Morgan fingerprint density at radius 2 is 2.00 bits per heavy atom. The Morgan fingerprint density at radius 3 is 2.61 bits per heavy atom. The van der Waals surface area contributed by atoms with Gasteiger partial charge in [0, 0.05) is 17.5 Å². The van der Waals surface area contributed by atoms with E-state index in [4.69, 9.17) is 0 Å². The number of rotatable bonds is 1. The fraction of sp³-hybridized carbons (Fsp3) is 0.375. The highest BCUT2D eigenvalue weighted by Crippen LogP contribution is 2.48. The van der Waals surface area contributed by atoms with Crippen LogP contribution in [-0.2, 0) is 9.59 Å². The summed E-state index contributed by atoms with van der Waals surface area (Å²) in [5.74, 6) is -4.44. The van der Waals surface area contributed by atoms with E-state index in [1.165, 1.54) is 6.07 Å². The van der Waals surface area contributed by atoms with Gasteiger partial charge in [0.15, 0.2) is 0 Å². The molecule has 1 amide bonds. The van der Waals surface area contributed by atoms with Crippen LogP contribution in [0.4, 0.5) is 18.9 Å². The van der Waals surface area contributed by atoms with Gasteiger partial charge < -0.3 is 5.11 Å². The minimum Gasteiger partial charge on any atom is -0.480 e. The average molecular weight is 325 g/mol. The number of nitrogens with zero attached hydrogens (tertiary/aromatic N) is 1. The lowest BCUT2D eigenvalue weighted by Crippen LogP contribution is -2.56. The number of hydrogen-bond acceptors (Lipinski definition) is 2. The van der Waals surface area contributed by atoms with Crippen LogP contribution in [-0.4, -0.2) is 29.2 Å². The minimum atomic E-state index is -5.13. The summed E-state index contributed by atoms with van der Waals surface area (Å²) in [4.78, 5) is 23.9. The number of carboxylic acids is 1. The van der Waals surface area contributed by atoms with Crippen molar-refractivity contribution in [3.8, 4) is 0 Å². The molecule has 1 aliphatic carbocycles. The van der Waals surface area contributed by atoms with Crippen LogP contribution in [0, 0.1) is 12.8 Å². The molecule has 1 aromatic carbocycles. The Labute approximate surface area is 130 Å². The molecule has 0 aromatic heterocycles. The van der Waals surface area contributed by atoms with Crippen LogP contribution >= 0.6 is 0 Å². The van der Waals surface area contributed by atoms with Gasteiger partial charge in [-0.2, -0.15) is 13.2 Å². The molecular formula is C16H14F3NO3. The van der Waals surface area contributed by atoms with Gasteiger partial charge in [-0.15, -0.1) is 0 Å². The number of alkyl halides is 3. The van der Waals surface area contributed by atoms with Crippen LogP contribution in [0.15, 0.2) is 30.4 Å². The highest BCUT2D eigenvalue weighted by molar-refractivity contribution is 6.03. The Morgan fingerprint density at radius 1 is 1.30 bits per heavy atom. The van der Waals surface area contributed by atoms with E-state index in [0.29, 0.717) is 16.9 Å². The first kappa shape index (κ1) is 15.6. The number of carboxylic acid groups (broad SMARTS) is 1. The van der Waals surface area contributed by atoms with Gasteiger partial charge in [0.1, 0.15) is 6.04 Å². The molecule has 0 spiro atoms. The fourth-order valence-electron chi connectivity index (χ4n) is 3.50. The molecular weight excluding hydrogens is 311 g/mol. The largest absolute Gasteiger partial charge is 0.480 e. The van der Waals surface area contributed by atoms with Crippen molar-refractivity contribution < 1.29 is 27.9 Å². The van der Waals surface area contributed by atoms with Crippen molar-refractivity contribution in [3.63, 3.8) is 0 Å². The molecule has 122 valence electrons. The van der Waals surface area contributed by atoms with Gasteiger partial charge in [-0.1, -0.05) is 29.8 Å². The molecule has 0 unspecified atom stereocenters.